The van der Waals surface area contributed by atoms with Crippen LogP contribution >= 0.6 is 11.6 Å². The lowest BCUT2D eigenvalue weighted by Crippen LogP contribution is -2.31. The Morgan fingerprint density at radius 1 is 1.38 bits per heavy atom. The molecule has 0 saturated carbocycles. The number of hydrogen-bond acceptors (Lipinski definition) is 6. The number of hydrogen-bond donors (Lipinski definition) is 1. The average molecular weight is 377 g/mol. The third-order valence-corrected chi connectivity index (χ3v) is 3.94. The molecule has 3 rings (SSSR count). The van der Waals surface area contributed by atoms with Crippen molar-refractivity contribution in [1.82, 2.24) is 14.9 Å². The molecule has 0 aliphatic rings. The van der Waals surface area contributed by atoms with Gasteiger partial charge in [0.1, 0.15) is 10.7 Å². The quantitative estimate of drug-likeness (QED) is 0.539. The first-order valence-corrected chi connectivity index (χ1v) is 7.98. The molecule has 0 radical (unpaired) electrons. The molecule has 10 heteroatoms. The summed E-state index contributed by atoms with van der Waals surface area (Å²) < 4.78 is 4.94. The van der Waals surface area contributed by atoms with E-state index < -0.39 is 16.7 Å². The van der Waals surface area contributed by atoms with Gasteiger partial charge in [-0.15, -0.1) is 0 Å². The molecule has 1 aromatic carbocycles. The number of halogens is 1. The first-order chi connectivity index (χ1) is 12.4. The van der Waals surface area contributed by atoms with Crippen LogP contribution in [0, 0.1) is 10.1 Å². The number of nitrogens with one attached hydrogen (secondary N) is 1. The van der Waals surface area contributed by atoms with Crippen LogP contribution in [0.2, 0.25) is 5.02 Å². The zero-order chi connectivity index (χ0) is 18.8. The van der Waals surface area contributed by atoms with Gasteiger partial charge in [-0.05, 0) is 31.2 Å². The monoisotopic (exact) mass is 376 g/mol. The SMILES string of the molecule is CCN(Cc1nc2cc(Cl)ccc2c(=O)[nH]1)C(=O)c1ccc([N+](=O)[O-])o1. The number of amides is 1. The molecule has 1 N–H and O–H groups in total. The Labute approximate surface area is 151 Å². The Kier molecular flexibility index (Phi) is 4.72. The molecule has 0 aliphatic heterocycles. The van der Waals surface area contributed by atoms with Gasteiger partial charge in [0.25, 0.3) is 11.5 Å². The van der Waals surface area contributed by atoms with E-state index in [0.717, 1.165) is 6.07 Å². The molecule has 0 aliphatic carbocycles. The predicted octanol–water partition coefficient (Wildman–Crippen LogP) is 2.74. The van der Waals surface area contributed by atoms with Crippen LogP contribution in [0.4, 0.5) is 5.88 Å². The molecule has 1 amide bonds. The van der Waals surface area contributed by atoms with E-state index >= 15 is 0 Å². The van der Waals surface area contributed by atoms with E-state index in [-0.39, 0.29) is 30.2 Å². The average Bonchev–Trinajstić information content (AvgIpc) is 3.09. The van der Waals surface area contributed by atoms with Crippen molar-refractivity contribution in [2.45, 2.75) is 13.5 Å². The van der Waals surface area contributed by atoms with Crippen molar-refractivity contribution in [3.8, 4) is 0 Å². The van der Waals surface area contributed by atoms with Crippen molar-refractivity contribution in [3.63, 3.8) is 0 Å². The second kappa shape index (κ2) is 6.96. The normalized spacial score (nSPS) is 10.8. The zero-order valence-electron chi connectivity index (χ0n) is 13.6. The van der Waals surface area contributed by atoms with Gasteiger partial charge in [0.15, 0.2) is 5.76 Å². The maximum absolute atomic E-state index is 12.5. The van der Waals surface area contributed by atoms with Gasteiger partial charge < -0.3 is 14.3 Å². The van der Waals surface area contributed by atoms with Crippen LogP contribution in [-0.4, -0.2) is 32.2 Å². The van der Waals surface area contributed by atoms with Crippen LogP contribution in [0.15, 0.2) is 39.5 Å². The molecule has 26 heavy (non-hydrogen) atoms. The number of nitro groups is 1. The summed E-state index contributed by atoms with van der Waals surface area (Å²) in [5, 5.41) is 11.5. The van der Waals surface area contributed by atoms with E-state index in [4.69, 9.17) is 16.0 Å². The summed E-state index contributed by atoms with van der Waals surface area (Å²) in [5.41, 5.74) is 0.0622. The number of aromatic nitrogens is 2. The molecule has 2 heterocycles. The lowest BCUT2D eigenvalue weighted by Gasteiger charge is -2.18. The first kappa shape index (κ1) is 17.6. The molecule has 2 aromatic heterocycles. The highest BCUT2D eigenvalue weighted by molar-refractivity contribution is 6.31. The minimum atomic E-state index is -0.723. The summed E-state index contributed by atoms with van der Waals surface area (Å²) in [4.78, 5) is 42.9. The maximum Gasteiger partial charge on any atom is 0.433 e. The van der Waals surface area contributed by atoms with Gasteiger partial charge in [0.05, 0.1) is 23.5 Å². The van der Waals surface area contributed by atoms with E-state index in [0.29, 0.717) is 15.9 Å². The number of carbonyl (C=O) groups excluding carboxylic acids is 1. The zero-order valence-corrected chi connectivity index (χ0v) is 14.3. The van der Waals surface area contributed by atoms with Gasteiger partial charge in [0, 0.05) is 11.6 Å². The van der Waals surface area contributed by atoms with Crippen LogP contribution in [0.25, 0.3) is 10.9 Å². The molecule has 0 spiro atoms. The smallest absolute Gasteiger partial charge is 0.395 e. The summed E-state index contributed by atoms with van der Waals surface area (Å²) in [6.45, 7) is 2.01. The first-order valence-electron chi connectivity index (χ1n) is 7.61. The molecule has 134 valence electrons. The third-order valence-electron chi connectivity index (χ3n) is 3.71. The Balaban J connectivity index is 1.89. The second-order valence-corrected chi connectivity index (χ2v) is 5.82. The molecule has 0 fully saturated rings. The number of carbonyl (C=O) groups is 1. The van der Waals surface area contributed by atoms with Crippen LogP contribution in [0.1, 0.15) is 23.3 Å². The van der Waals surface area contributed by atoms with Crippen LogP contribution in [-0.2, 0) is 6.54 Å². The number of fused-ring (bicyclic) bond motifs is 1. The molecule has 0 unspecified atom stereocenters. The third kappa shape index (κ3) is 3.42. The van der Waals surface area contributed by atoms with E-state index in [1.165, 1.54) is 11.0 Å². The van der Waals surface area contributed by atoms with Crippen molar-refractivity contribution in [3.05, 3.63) is 67.4 Å². The van der Waals surface area contributed by atoms with Gasteiger partial charge in [-0.3, -0.25) is 19.7 Å². The lowest BCUT2D eigenvalue weighted by atomic mass is 10.2. The van der Waals surface area contributed by atoms with Crippen molar-refractivity contribution in [2.75, 3.05) is 6.54 Å². The highest BCUT2D eigenvalue weighted by atomic mass is 35.5. The summed E-state index contributed by atoms with van der Waals surface area (Å²) in [6, 6.07) is 7.06. The second-order valence-electron chi connectivity index (χ2n) is 5.39. The summed E-state index contributed by atoms with van der Waals surface area (Å²) in [7, 11) is 0. The minimum absolute atomic E-state index is 0.00151. The minimum Gasteiger partial charge on any atom is -0.395 e. The fourth-order valence-electron chi connectivity index (χ4n) is 2.44. The number of rotatable bonds is 5. The van der Waals surface area contributed by atoms with E-state index in [2.05, 4.69) is 9.97 Å². The Bertz CT molecular complexity index is 1060. The fraction of sp³-hybridized carbons (Fsp3) is 0.188. The summed E-state index contributed by atoms with van der Waals surface area (Å²) in [5.74, 6) is -0.962. The molecule has 9 nitrogen and oxygen atoms in total. The summed E-state index contributed by atoms with van der Waals surface area (Å²) in [6.07, 6.45) is 0. The van der Waals surface area contributed by atoms with Crippen molar-refractivity contribution < 1.29 is 14.1 Å². The van der Waals surface area contributed by atoms with Gasteiger partial charge in [0.2, 0.25) is 0 Å². The lowest BCUT2D eigenvalue weighted by molar-refractivity contribution is -0.402. The molecule has 0 atom stereocenters. The van der Waals surface area contributed by atoms with Crippen LogP contribution in [0.3, 0.4) is 0 Å². The highest BCUT2D eigenvalue weighted by Gasteiger charge is 2.22. The Morgan fingerprint density at radius 3 is 2.81 bits per heavy atom. The molecule has 0 bridgehead atoms. The van der Waals surface area contributed by atoms with Gasteiger partial charge in [-0.2, -0.15) is 0 Å². The van der Waals surface area contributed by atoms with Gasteiger partial charge >= 0.3 is 5.88 Å². The van der Waals surface area contributed by atoms with Gasteiger partial charge in [-0.25, -0.2) is 4.98 Å². The number of aromatic amines is 1. The Morgan fingerprint density at radius 2 is 2.15 bits per heavy atom. The van der Waals surface area contributed by atoms with Crippen LogP contribution < -0.4 is 5.56 Å². The van der Waals surface area contributed by atoms with E-state index in [9.17, 15) is 19.7 Å². The number of furan rings is 1. The van der Waals surface area contributed by atoms with Gasteiger partial charge in [-0.1, -0.05) is 11.6 Å². The standard InChI is InChI=1S/C16H13ClN4O5/c1-2-20(16(23)12-5-6-14(26-12)21(24)25)8-13-18-11-7-9(17)3-4-10(11)15(22)19-13/h3-7H,2,8H2,1H3,(H,18,19,22). The molecular weight excluding hydrogens is 364 g/mol. The summed E-state index contributed by atoms with van der Waals surface area (Å²) >= 11 is 5.93. The van der Waals surface area contributed by atoms with Crippen molar-refractivity contribution >= 4 is 34.3 Å². The van der Waals surface area contributed by atoms with Crippen molar-refractivity contribution in [1.29, 1.82) is 0 Å². The predicted molar refractivity (Wildman–Crippen MR) is 93.2 cm³/mol. The molecule has 0 saturated heterocycles. The Hall–Kier alpha value is -3.20. The molecular formula is C16H13ClN4O5. The van der Waals surface area contributed by atoms with Crippen LogP contribution in [0.5, 0.6) is 0 Å². The number of nitrogens with zero attached hydrogens (tertiary/aromatic N) is 3. The van der Waals surface area contributed by atoms with E-state index in [1.807, 2.05) is 0 Å². The van der Waals surface area contributed by atoms with Crippen molar-refractivity contribution in [2.24, 2.45) is 0 Å². The largest absolute Gasteiger partial charge is 0.433 e. The topological polar surface area (TPSA) is 122 Å². The fourth-order valence-corrected chi connectivity index (χ4v) is 2.61. The highest BCUT2D eigenvalue weighted by Crippen LogP contribution is 2.18. The van der Waals surface area contributed by atoms with E-state index in [1.54, 1.807) is 25.1 Å². The molecule has 3 aromatic rings. The maximum atomic E-state index is 12.5. The number of benzene rings is 1. The number of H-pyrrole nitrogens is 1.